The van der Waals surface area contributed by atoms with Crippen LogP contribution >= 0.6 is 11.6 Å². The van der Waals surface area contributed by atoms with Crippen LogP contribution in [0.15, 0.2) is 84.6 Å². The average molecular weight is 435 g/mol. The molecule has 4 rings (SSSR count). The van der Waals surface area contributed by atoms with Crippen LogP contribution in [0.2, 0.25) is 5.02 Å². The van der Waals surface area contributed by atoms with E-state index >= 15 is 0 Å². The maximum atomic E-state index is 13.5. The van der Waals surface area contributed by atoms with Crippen molar-refractivity contribution in [3.63, 3.8) is 0 Å². The van der Waals surface area contributed by atoms with Gasteiger partial charge in [-0.05, 0) is 54.4 Å². The summed E-state index contributed by atoms with van der Waals surface area (Å²) in [5, 5.41) is 0.537. The van der Waals surface area contributed by atoms with E-state index in [9.17, 15) is 14.0 Å². The van der Waals surface area contributed by atoms with E-state index in [0.29, 0.717) is 40.6 Å². The fraction of sp³-hybridized carbons (Fsp3) is 0.120. The molecule has 0 N–H and O–H groups in total. The second-order valence-electron chi connectivity index (χ2n) is 7.15. The predicted molar refractivity (Wildman–Crippen MR) is 120 cm³/mol. The summed E-state index contributed by atoms with van der Waals surface area (Å²) in [5.74, 6) is -1.31. The molecule has 2 amide bonds. The number of amides is 2. The van der Waals surface area contributed by atoms with Gasteiger partial charge in [0.15, 0.2) is 0 Å². The molecule has 0 saturated carbocycles. The van der Waals surface area contributed by atoms with Crippen LogP contribution in [0.4, 0.5) is 10.1 Å². The zero-order chi connectivity index (χ0) is 22.0. The van der Waals surface area contributed by atoms with Crippen molar-refractivity contribution in [1.29, 1.82) is 0 Å². The molecule has 0 atom stereocenters. The molecule has 0 aromatic heterocycles. The molecule has 3 aromatic rings. The fourth-order valence-electron chi connectivity index (χ4n) is 3.67. The summed E-state index contributed by atoms with van der Waals surface area (Å²) in [6.45, 7) is 2.94. The highest BCUT2D eigenvalue weighted by atomic mass is 35.5. The molecule has 0 radical (unpaired) electrons. The Labute approximate surface area is 185 Å². The van der Waals surface area contributed by atoms with Gasteiger partial charge >= 0.3 is 0 Å². The molecule has 0 bridgehead atoms. The van der Waals surface area contributed by atoms with Gasteiger partial charge in [0.2, 0.25) is 0 Å². The molecule has 1 aliphatic rings. The molecule has 0 unspecified atom stereocenters. The van der Waals surface area contributed by atoms with Crippen LogP contribution in [0.3, 0.4) is 0 Å². The first kappa shape index (κ1) is 20.8. The number of hydrogen-bond acceptors (Lipinski definition) is 3. The highest BCUT2D eigenvalue weighted by Gasteiger charge is 2.42. The Hall–Kier alpha value is -3.44. The summed E-state index contributed by atoms with van der Waals surface area (Å²) in [5.41, 5.74) is 2.59. The molecule has 0 fully saturated rings. The first-order valence-corrected chi connectivity index (χ1v) is 10.3. The van der Waals surface area contributed by atoms with Gasteiger partial charge in [-0.1, -0.05) is 54.1 Å². The summed E-state index contributed by atoms with van der Waals surface area (Å²) in [4.78, 5) is 30.0. The molecular formula is C25H20ClFN2O2. The number of nitrogens with zero attached hydrogens (tertiary/aromatic N) is 2. The molecule has 1 heterocycles. The van der Waals surface area contributed by atoms with Gasteiger partial charge in [0.25, 0.3) is 11.8 Å². The third-order valence-electron chi connectivity index (χ3n) is 5.19. The smallest absolute Gasteiger partial charge is 0.282 e. The number of imide groups is 1. The molecule has 4 nitrogen and oxygen atoms in total. The lowest BCUT2D eigenvalue weighted by Crippen LogP contribution is -2.35. The maximum absolute atomic E-state index is 13.5. The molecule has 156 valence electrons. The van der Waals surface area contributed by atoms with Gasteiger partial charge in [-0.25, -0.2) is 9.29 Å². The first-order valence-electron chi connectivity index (χ1n) is 9.93. The Balaban J connectivity index is 1.82. The predicted octanol–water partition coefficient (Wildman–Crippen LogP) is 5.29. The molecule has 1 aliphatic heterocycles. The Morgan fingerprint density at radius 3 is 2.13 bits per heavy atom. The lowest BCUT2D eigenvalue weighted by Gasteiger charge is -2.25. The van der Waals surface area contributed by atoms with E-state index < -0.39 is 17.6 Å². The lowest BCUT2D eigenvalue weighted by atomic mass is 10.0. The summed E-state index contributed by atoms with van der Waals surface area (Å²) in [6.07, 6.45) is 0. The monoisotopic (exact) mass is 434 g/mol. The van der Waals surface area contributed by atoms with Gasteiger partial charge in [0.05, 0.1) is 11.3 Å². The number of carbonyl (C=O) groups excluding carboxylic acids is 2. The van der Waals surface area contributed by atoms with Crippen LogP contribution in [0.1, 0.15) is 18.1 Å². The normalized spacial score (nSPS) is 13.8. The van der Waals surface area contributed by atoms with Gasteiger partial charge in [-0.3, -0.25) is 9.59 Å². The number of carbonyl (C=O) groups is 2. The van der Waals surface area contributed by atoms with E-state index in [0.717, 1.165) is 10.5 Å². The lowest BCUT2D eigenvalue weighted by molar-refractivity contribution is -0.120. The number of benzene rings is 3. The minimum atomic E-state index is -0.444. The van der Waals surface area contributed by atoms with Gasteiger partial charge in [-0.15, -0.1) is 0 Å². The SMILES string of the molecule is CCN(Cc1ccccc1)C1=C(c2ccc(Cl)cc2)C(=O)N(c2ccc(F)cc2)C1=O. The Kier molecular flexibility index (Phi) is 5.87. The Morgan fingerprint density at radius 1 is 0.871 bits per heavy atom. The van der Waals surface area contributed by atoms with Crippen LogP contribution in [0.25, 0.3) is 5.57 Å². The fourth-order valence-corrected chi connectivity index (χ4v) is 3.79. The van der Waals surface area contributed by atoms with Crippen LogP contribution in [-0.2, 0) is 16.1 Å². The van der Waals surface area contributed by atoms with Gasteiger partial charge in [0, 0.05) is 18.1 Å². The van der Waals surface area contributed by atoms with E-state index in [1.54, 1.807) is 24.3 Å². The van der Waals surface area contributed by atoms with Crippen LogP contribution in [0.5, 0.6) is 0 Å². The minimum Gasteiger partial charge on any atom is -0.362 e. The summed E-state index contributed by atoms with van der Waals surface area (Å²) >= 11 is 6.03. The zero-order valence-electron chi connectivity index (χ0n) is 16.9. The van der Waals surface area contributed by atoms with Crippen molar-refractivity contribution in [3.05, 3.63) is 107 Å². The third kappa shape index (κ3) is 4.09. The van der Waals surface area contributed by atoms with Gasteiger partial charge in [-0.2, -0.15) is 0 Å². The number of halogens is 2. The molecule has 6 heteroatoms. The van der Waals surface area contributed by atoms with E-state index in [2.05, 4.69) is 0 Å². The van der Waals surface area contributed by atoms with Crippen molar-refractivity contribution in [1.82, 2.24) is 4.90 Å². The quantitative estimate of drug-likeness (QED) is 0.495. The van der Waals surface area contributed by atoms with Crippen molar-refractivity contribution in [2.45, 2.75) is 13.5 Å². The topological polar surface area (TPSA) is 40.6 Å². The van der Waals surface area contributed by atoms with E-state index in [-0.39, 0.29) is 0 Å². The molecular weight excluding hydrogens is 415 g/mol. The van der Waals surface area contributed by atoms with Crippen LogP contribution in [0, 0.1) is 5.82 Å². The Morgan fingerprint density at radius 2 is 1.52 bits per heavy atom. The maximum Gasteiger partial charge on any atom is 0.282 e. The zero-order valence-corrected chi connectivity index (χ0v) is 17.6. The largest absolute Gasteiger partial charge is 0.362 e. The number of anilines is 1. The minimum absolute atomic E-state index is 0.309. The molecule has 0 aliphatic carbocycles. The summed E-state index contributed by atoms with van der Waals surface area (Å²) < 4.78 is 13.4. The molecule has 3 aromatic carbocycles. The number of likely N-dealkylation sites (N-methyl/N-ethyl adjacent to an activating group) is 1. The van der Waals surface area contributed by atoms with Crippen molar-refractivity contribution < 1.29 is 14.0 Å². The number of hydrogen-bond donors (Lipinski definition) is 0. The molecule has 0 saturated heterocycles. The summed E-state index contributed by atoms with van der Waals surface area (Å²) in [6, 6.07) is 21.9. The standard InChI is InChI=1S/C25H20ClFN2O2/c1-2-28(16-17-6-4-3-5-7-17)23-22(18-8-10-19(26)11-9-18)24(30)29(25(23)31)21-14-12-20(27)13-15-21/h3-15H,2,16H2,1H3. The van der Waals surface area contributed by atoms with Crippen LogP contribution < -0.4 is 4.90 Å². The third-order valence-corrected chi connectivity index (χ3v) is 5.44. The highest BCUT2D eigenvalue weighted by Crippen LogP contribution is 2.35. The number of rotatable bonds is 6. The second kappa shape index (κ2) is 8.74. The van der Waals surface area contributed by atoms with Crippen molar-refractivity contribution in [2.75, 3.05) is 11.4 Å². The van der Waals surface area contributed by atoms with E-state index in [1.165, 1.54) is 24.3 Å². The highest BCUT2D eigenvalue weighted by molar-refractivity contribution is 6.45. The van der Waals surface area contributed by atoms with E-state index in [4.69, 9.17) is 11.6 Å². The van der Waals surface area contributed by atoms with E-state index in [1.807, 2.05) is 42.2 Å². The van der Waals surface area contributed by atoms with Crippen LogP contribution in [-0.4, -0.2) is 23.3 Å². The molecule has 0 spiro atoms. The Bertz CT molecular complexity index is 1140. The van der Waals surface area contributed by atoms with Gasteiger partial charge in [0.1, 0.15) is 11.5 Å². The molecule has 31 heavy (non-hydrogen) atoms. The first-order chi connectivity index (χ1) is 15.0. The van der Waals surface area contributed by atoms with Crippen molar-refractivity contribution >= 4 is 34.7 Å². The second-order valence-corrected chi connectivity index (χ2v) is 7.59. The van der Waals surface area contributed by atoms with Gasteiger partial charge < -0.3 is 4.90 Å². The van der Waals surface area contributed by atoms with Crippen molar-refractivity contribution in [2.24, 2.45) is 0 Å². The summed E-state index contributed by atoms with van der Waals surface area (Å²) in [7, 11) is 0. The average Bonchev–Trinajstić information content (AvgIpc) is 3.04. The van der Waals surface area contributed by atoms with Crippen molar-refractivity contribution in [3.8, 4) is 0 Å².